The van der Waals surface area contributed by atoms with Gasteiger partial charge in [0, 0.05) is 40.0 Å². The lowest BCUT2D eigenvalue weighted by molar-refractivity contribution is 0.0686. The summed E-state index contributed by atoms with van der Waals surface area (Å²) < 4.78 is 0. The topological polar surface area (TPSA) is 202 Å². The second-order valence-electron chi connectivity index (χ2n) is 14.1. The molecule has 0 radical (unpaired) electrons. The highest BCUT2D eigenvalue weighted by Gasteiger charge is 2.26. The van der Waals surface area contributed by atoms with Crippen LogP contribution in [0.25, 0.3) is 22.3 Å². The summed E-state index contributed by atoms with van der Waals surface area (Å²) in [5, 5.41) is 41.8. The minimum atomic E-state index is -1.07. The first-order valence-electron chi connectivity index (χ1n) is 18.8. The average Bonchev–Trinajstić information content (AvgIpc) is 4.12. The SMILES string of the molecule is C=C(c1ccc(C(=O)O)cc1)C1C=C/C(=C(C2=N/C(=C(/c3ccc(C(=O)O)cc3)c3ccc(/C(=C4/C=CC=N4)c4ccc(C(=O)O)cc4)[nH]3)C=C2)\c2ccc(C(=O)O)cc2)N1. The Kier molecular flexibility index (Phi) is 10.5. The van der Waals surface area contributed by atoms with Gasteiger partial charge in [-0.2, -0.15) is 0 Å². The second-order valence-corrected chi connectivity index (χ2v) is 14.1. The van der Waals surface area contributed by atoms with Crippen LogP contribution in [0.15, 0.2) is 179 Å². The molecule has 0 amide bonds. The zero-order valence-corrected chi connectivity index (χ0v) is 32.0. The van der Waals surface area contributed by atoms with Crippen molar-refractivity contribution in [2.45, 2.75) is 6.04 Å². The molecule has 8 rings (SSSR count). The summed E-state index contributed by atoms with van der Waals surface area (Å²) in [5.41, 5.74) is 9.93. The summed E-state index contributed by atoms with van der Waals surface area (Å²) in [5.74, 6) is -4.20. The van der Waals surface area contributed by atoms with Crippen molar-refractivity contribution < 1.29 is 39.6 Å². The highest BCUT2D eigenvalue weighted by molar-refractivity contribution is 6.32. The minimum absolute atomic E-state index is 0.110. The van der Waals surface area contributed by atoms with Gasteiger partial charge in [-0.1, -0.05) is 61.2 Å². The molecule has 298 valence electrons. The van der Waals surface area contributed by atoms with Crippen LogP contribution in [0.2, 0.25) is 0 Å². The van der Waals surface area contributed by atoms with Gasteiger partial charge >= 0.3 is 23.9 Å². The van der Waals surface area contributed by atoms with Crippen molar-refractivity contribution >= 4 is 58.1 Å². The van der Waals surface area contributed by atoms with E-state index >= 15 is 0 Å². The van der Waals surface area contributed by atoms with E-state index in [4.69, 9.17) is 4.99 Å². The fourth-order valence-electron chi connectivity index (χ4n) is 7.26. The van der Waals surface area contributed by atoms with Crippen LogP contribution in [0.1, 0.15) is 75.1 Å². The van der Waals surface area contributed by atoms with E-state index in [0.29, 0.717) is 62.0 Å². The Morgan fingerprint density at radius 3 is 1.36 bits per heavy atom. The van der Waals surface area contributed by atoms with Crippen LogP contribution in [-0.4, -0.2) is 67.3 Å². The van der Waals surface area contributed by atoms with Crippen molar-refractivity contribution in [3.05, 3.63) is 225 Å². The number of nitrogens with zero attached hydrogens (tertiary/aromatic N) is 2. The molecule has 0 fully saturated rings. The van der Waals surface area contributed by atoms with Gasteiger partial charge in [-0.15, -0.1) is 0 Å². The third-order valence-corrected chi connectivity index (χ3v) is 10.4. The van der Waals surface area contributed by atoms with Crippen molar-refractivity contribution in [3.8, 4) is 0 Å². The first-order valence-corrected chi connectivity index (χ1v) is 18.8. The Balaban J connectivity index is 1.24. The predicted octanol–water partition coefficient (Wildman–Crippen LogP) is 8.63. The molecule has 4 aromatic carbocycles. The Morgan fingerprint density at radius 2 is 0.918 bits per heavy atom. The number of carboxylic acids is 4. The van der Waals surface area contributed by atoms with E-state index in [-0.39, 0.29) is 28.3 Å². The van der Waals surface area contributed by atoms with Crippen LogP contribution in [0, 0.1) is 0 Å². The maximum absolute atomic E-state index is 11.8. The maximum atomic E-state index is 11.8. The van der Waals surface area contributed by atoms with Gasteiger partial charge in [0.1, 0.15) is 0 Å². The van der Waals surface area contributed by atoms with E-state index in [1.165, 1.54) is 48.5 Å². The van der Waals surface area contributed by atoms with E-state index in [2.05, 4.69) is 21.9 Å². The number of hydrogen-bond donors (Lipinski definition) is 6. The van der Waals surface area contributed by atoms with Crippen LogP contribution >= 0.6 is 0 Å². The lowest BCUT2D eigenvalue weighted by Crippen LogP contribution is -2.23. The molecule has 4 heterocycles. The quantitative estimate of drug-likeness (QED) is 0.0714. The van der Waals surface area contributed by atoms with Gasteiger partial charge in [-0.05, 0) is 119 Å². The number of benzene rings is 4. The third kappa shape index (κ3) is 7.96. The number of carbonyl (C=O) groups is 4. The predicted molar refractivity (Wildman–Crippen MR) is 233 cm³/mol. The van der Waals surface area contributed by atoms with Crippen molar-refractivity contribution in [2.24, 2.45) is 9.98 Å². The lowest BCUT2D eigenvalue weighted by atomic mass is 9.97. The molecular formula is C49H34N4O8. The summed E-state index contributed by atoms with van der Waals surface area (Å²) in [7, 11) is 0. The zero-order valence-electron chi connectivity index (χ0n) is 32.0. The number of rotatable bonds is 12. The molecule has 12 heteroatoms. The molecule has 3 aliphatic heterocycles. The molecule has 0 spiro atoms. The molecule has 1 unspecified atom stereocenters. The van der Waals surface area contributed by atoms with Crippen molar-refractivity contribution in [1.82, 2.24) is 10.3 Å². The summed E-state index contributed by atoms with van der Waals surface area (Å²) in [4.78, 5) is 60.0. The molecule has 12 nitrogen and oxygen atoms in total. The van der Waals surface area contributed by atoms with E-state index in [0.717, 1.165) is 16.7 Å². The number of nitrogens with one attached hydrogen (secondary N) is 2. The number of H-pyrrole nitrogens is 1. The molecule has 0 aliphatic carbocycles. The molecular weight excluding hydrogens is 773 g/mol. The van der Waals surface area contributed by atoms with Gasteiger partial charge in [0.2, 0.25) is 0 Å². The van der Waals surface area contributed by atoms with Gasteiger partial charge in [0.05, 0.1) is 45.4 Å². The largest absolute Gasteiger partial charge is 0.478 e. The highest BCUT2D eigenvalue weighted by Crippen LogP contribution is 2.37. The zero-order chi connectivity index (χ0) is 42.8. The summed E-state index contributed by atoms with van der Waals surface area (Å²) in [6.45, 7) is 4.29. The van der Waals surface area contributed by atoms with Crippen LogP contribution in [0.3, 0.4) is 0 Å². The fourth-order valence-corrected chi connectivity index (χ4v) is 7.26. The molecule has 0 bridgehead atoms. The lowest BCUT2D eigenvalue weighted by Gasteiger charge is -2.18. The Hall–Kier alpha value is -8.64. The number of allylic oxidation sites excluding steroid dienone is 6. The molecule has 0 saturated carbocycles. The Morgan fingerprint density at radius 1 is 0.492 bits per heavy atom. The first kappa shape index (κ1) is 39.2. The van der Waals surface area contributed by atoms with Gasteiger partial charge in [0.15, 0.2) is 0 Å². The Labute approximate surface area is 348 Å². The standard InChI is InChI=1S/C49H34N4O8/c1-27(28-4-12-32(13-5-28)46(54)55)36-20-21-39(51-36)44(30-8-16-34(17-9-30)48(58)59)40-24-25-42(53-40)45(31-10-18-35(19-11-31)49(60)61)41-23-22-38(52-41)43(37-3-2-26-50-37)29-6-14-33(15-7-29)47(56)57/h2-26,36,51-52H,1H2,(H,54,55)(H,56,57)(H,58,59)(H,60,61)/b43-37-,44-39-,45-42-. The van der Waals surface area contributed by atoms with Crippen molar-refractivity contribution in [3.63, 3.8) is 0 Å². The van der Waals surface area contributed by atoms with E-state index < -0.39 is 23.9 Å². The highest BCUT2D eigenvalue weighted by atomic mass is 16.4. The molecule has 1 atom stereocenters. The Bertz CT molecular complexity index is 2910. The second kappa shape index (κ2) is 16.3. The molecule has 3 aliphatic rings. The van der Waals surface area contributed by atoms with E-state index in [1.807, 2.05) is 48.6 Å². The average molecular weight is 807 g/mol. The normalized spacial score (nSPS) is 17.5. The monoisotopic (exact) mass is 806 g/mol. The summed E-state index contributed by atoms with van der Waals surface area (Å²) in [6.07, 6.45) is 12.9. The molecule has 61 heavy (non-hydrogen) atoms. The van der Waals surface area contributed by atoms with E-state index in [9.17, 15) is 39.6 Å². The van der Waals surface area contributed by atoms with E-state index in [1.54, 1.807) is 54.7 Å². The number of aromatic nitrogens is 1. The minimum Gasteiger partial charge on any atom is -0.478 e. The fraction of sp³-hybridized carbons (Fsp3) is 0.0204. The number of hydrogen-bond acceptors (Lipinski definition) is 7. The van der Waals surface area contributed by atoms with Crippen LogP contribution in [0.5, 0.6) is 0 Å². The number of aromatic amines is 1. The summed E-state index contributed by atoms with van der Waals surface area (Å²) >= 11 is 0. The van der Waals surface area contributed by atoms with Gasteiger partial charge in [0.25, 0.3) is 0 Å². The number of carboxylic acid groups (broad SMARTS) is 4. The summed E-state index contributed by atoms with van der Waals surface area (Å²) in [6, 6.07) is 29.4. The van der Waals surface area contributed by atoms with Crippen LogP contribution < -0.4 is 5.32 Å². The molecule has 6 N–H and O–H groups in total. The van der Waals surface area contributed by atoms with Crippen molar-refractivity contribution in [2.75, 3.05) is 0 Å². The molecule has 0 saturated heterocycles. The van der Waals surface area contributed by atoms with Crippen LogP contribution in [0.4, 0.5) is 0 Å². The number of aromatic carboxylic acids is 4. The first-order chi connectivity index (χ1) is 29.4. The van der Waals surface area contributed by atoms with Gasteiger partial charge in [-0.25, -0.2) is 24.2 Å². The number of aliphatic imine (C=N–C) groups is 2. The smallest absolute Gasteiger partial charge is 0.335 e. The molecule has 5 aromatic rings. The van der Waals surface area contributed by atoms with Crippen molar-refractivity contribution in [1.29, 1.82) is 0 Å². The molecule has 1 aromatic heterocycles. The third-order valence-electron chi connectivity index (χ3n) is 10.4. The van der Waals surface area contributed by atoms with Crippen LogP contribution in [-0.2, 0) is 0 Å². The maximum Gasteiger partial charge on any atom is 0.335 e. The van der Waals surface area contributed by atoms with Gasteiger partial charge in [-0.3, -0.25) is 4.99 Å². The van der Waals surface area contributed by atoms with Gasteiger partial charge < -0.3 is 30.7 Å².